The molecule has 0 spiro atoms. The van der Waals surface area contributed by atoms with E-state index in [1.165, 1.54) is 18.2 Å². The third kappa shape index (κ3) is 6.00. The fraction of sp³-hybridized carbons (Fsp3) is 0.348. The van der Waals surface area contributed by atoms with Gasteiger partial charge in [0.05, 0.1) is 10.6 Å². The largest absolute Gasteiger partial charge is 0.486 e. The first-order valence-electron chi connectivity index (χ1n) is 10.8. The molecule has 0 aliphatic carbocycles. The van der Waals surface area contributed by atoms with Crippen LogP contribution in [-0.4, -0.2) is 33.1 Å². The van der Waals surface area contributed by atoms with Crippen molar-refractivity contribution in [3.05, 3.63) is 69.4 Å². The van der Waals surface area contributed by atoms with Crippen LogP contribution >= 0.6 is 0 Å². The number of nitro groups is 1. The van der Waals surface area contributed by atoms with Gasteiger partial charge in [-0.2, -0.15) is 5.10 Å². The fourth-order valence-corrected chi connectivity index (χ4v) is 3.06. The lowest BCUT2D eigenvalue weighted by atomic mass is 10.2. The molecule has 2 amide bonds. The Hall–Kier alpha value is -4.15. The lowest BCUT2D eigenvalue weighted by Gasteiger charge is -2.07. The van der Waals surface area contributed by atoms with E-state index in [1.54, 1.807) is 29.9 Å². The minimum absolute atomic E-state index is 0.00737. The standard InChI is InChI=1S/C23H27N5O6/c1-5-27-12-18(21(26-27)23(30)24-11-14(2)3)25-22(29)20-9-7-17(34-20)13-33-16-6-8-19(28(31)32)15(4)10-16/h6-10,12,14H,5,11,13H2,1-4H3,(H,24,30)(H,25,29). The zero-order chi connectivity index (χ0) is 24.8. The Morgan fingerprint density at radius 3 is 2.65 bits per heavy atom. The molecule has 0 radical (unpaired) electrons. The summed E-state index contributed by atoms with van der Waals surface area (Å²) in [6.45, 7) is 8.51. The van der Waals surface area contributed by atoms with Crippen LogP contribution in [0.1, 0.15) is 53.1 Å². The van der Waals surface area contributed by atoms with Gasteiger partial charge < -0.3 is 19.8 Å². The molecular weight excluding hydrogens is 442 g/mol. The number of furan rings is 1. The van der Waals surface area contributed by atoms with Crippen LogP contribution < -0.4 is 15.4 Å². The molecule has 0 atom stereocenters. The normalized spacial score (nSPS) is 10.9. The van der Waals surface area contributed by atoms with Gasteiger partial charge in [0.1, 0.15) is 18.1 Å². The summed E-state index contributed by atoms with van der Waals surface area (Å²) in [7, 11) is 0. The maximum atomic E-state index is 12.7. The van der Waals surface area contributed by atoms with Crippen molar-refractivity contribution in [2.24, 2.45) is 5.92 Å². The molecule has 180 valence electrons. The monoisotopic (exact) mass is 469 g/mol. The number of amides is 2. The average molecular weight is 469 g/mol. The van der Waals surface area contributed by atoms with Crippen LogP contribution in [0.3, 0.4) is 0 Å². The van der Waals surface area contributed by atoms with E-state index in [2.05, 4.69) is 15.7 Å². The number of carbonyl (C=O) groups excluding carboxylic acids is 2. The Balaban J connectivity index is 1.65. The number of aryl methyl sites for hydroxylation is 2. The number of carbonyl (C=O) groups is 2. The van der Waals surface area contributed by atoms with Crippen LogP contribution in [-0.2, 0) is 13.2 Å². The second-order valence-corrected chi connectivity index (χ2v) is 8.07. The Morgan fingerprint density at radius 1 is 1.24 bits per heavy atom. The van der Waals surface area contributed by atoms with E-state index in [0.29, 0.717) is 30.2 Å². The number of anilines is 1. The van der Waals surface area contributed by atoms with Crippen molar-refractivity contribution in [1.82, 2.24) is 15.1 Å². The Morgan fingerprint density at radius 2 is 2.00 bits per heavy atom. The average Bonchev–Trinajstić information content (AvgIpc) is 3.43. The number of ether oxygens (including phenoxy) is 1. The topological polar surface area (TPSA) is 142 Å². The van der Waals surface area contributed by atoms with Gasteiger partial charge in [0.15, 0.2) is 11.5 Å². The molecule has 3 aromatic rings. The molecule has 11 heteroatoms. The number of aromatic nitrogens is 2. The van der Waals surface area contributed by atoms with Crippen molar-refractivity contribution in [3.63, 3.8) is 0 Å². The number of benzene rings is 1. The van der Waals surface area contributed by atoms with Gasteiger partial charge in [0.25, 0.3) is 17.5 Å². The van der Waals surface area contributed by atoms with E-state index in [-0.39, 0.29) is 41.3 Å². The molecule has 0 saturated carbocycles. The molecule has 0 saturated heterocycles. The quantitative estimate of drug-likeness (QED) is 0.338. The molecule has 2 heterocycles. The summed E-state index contributed by atoms with van der Waals surface area (Å²) in [6.07, 6.45) is 1.59. The van der Waals surface area contributed by atoms with E-state index in [1.807, 2.05) is 20.8 Å². The van der Waals surface area contributed by atoms with Crippen molar-refractivity contribution < 1.29 is 23.7 Å². The van der Waals surface area contributed by atoms with Gasteiger partial charge >= 0.3 is 0 Å². The molecule has 0 unspecified atom stereocenters. The third-order valence-electron chi connectivity index (χ3n) is 4.85. The smallest absolute Gasteiger partial charge is 0.291 e. The van der Waals surface area contributed by atoms with Crippen molar-refractivity contribution in [2.75, 3.05) is 11.9 Å². The highest BCUT2D eigenvalue weighted by molar-refractivity contribution is 6.07. The third-order valence-corrected chi connectivity index (χ3v) is 4.85. The second kappa shape index (κ2) is 10.6. The minimum Gasteiger partial charge on any atom is -0.486 e. The maximum Gasteiger partial charge on any atom is 0.291 e. The highest BCUT2D eigenvalue weighted by Gasteiger charge is 2.21. The van der Waals surface area contributed by atoms with Crippen LogP contribution in [0.25, 0.3) is 0 Å². The number of rotatable bonds is 10. The van der Waals surface area contributed by atoms with E-state index in [9.17, 15) is 19.7 Å². The molecule has 3 rings (SSSR count). The van der Waals surface area contributed by atoms with Crippen LogP contribution in [0.4, 0.5) is 11.4 Å². The van der Waals surface area contributed by atoms with Gasteiger partial charge in [-0.3, -0.25) is 24.4 Å². The number of nitrogens with one attached hydrogen (secondary N) is 2. The predicted octanol–water partition coefficient (Wildman–Crippen LogP) is 3.93. The van der Waals surface area contributed by atoms with Gasteiger partial charge in [-0.25, -0.2) is 0 Å². The summed E-state index contributed by atoms with van der Waals surface area (Å²) in [4.78, 5) is 35.7. The van der Waals surface area contributed by atoms with Gasteiger partial charge in [0, 0.05) is 30.9 Å². The molecule has 0 fully saturated rings. The first-order chi connectivity index (χ1) is 16.2. The summed E-state index contributed by atoms with van der Waals surface area (Å²) in [6, 6.07) is 7.53. The van der Waals surface area contributed by atoms with Gasteiger partial charge in [-0.1, -0.05) is 13.8 Å². The van der Waals surface area contributed by atoms with Gasteiger partial charge in [0.2, 0.25) is 0 Å². The molecule has 1 aromatic carbocycles. The van der Waals surface area contributed by atoms with Crippen LogP contribution in [0.5, 0.6) is 5.75 Å². The van der Waals surface area contributed by atoms with Crippen molar-refractivity contribution in [3.8, 4) is 5.75 Å². The Bertz CT molecular complexity index is 1200. The highest BCUT2D eigenvalue weighted by Crippen LogP contribution is 2.24. The summed E-state index contributed by atoms with van der Waals surface area (Å²) in [5.41, 5.74) is 0.888. The summed E-state index contributed by atoms with van der Waals surface area (Å²) in [5.74, 6) is 0.231. The first-order valence-corrected chi connectivity index (χ1v) is 10.8. The van der Waals surface area contributed by atoms with Crippen molar-refractivity contribution in [1.29, 1.82) is 0 Å². The van der Waals surface area contributed by atoms with E-state index in [0.717, 1.165) is 0 Å². The number of hydrogen-bond donors (Lipinski definition) is 2. The molecule has 34 heavy (non-hydrogen) atoms. The molecule has 2 aromatic heterocycles. The minimum atomic E-state index is -0.536. The molecular formula is C23H27N5O6. The molecule has 0 aliphatic heterocycles. The van der Waals surface area contributed by atoms with Crippen molar-refractivity contribution in [2.45, 2.75) is 40.8 Å². The zero-order valence-electron chi connectivity index (χ0n) is 19.5. The molecule has 11 nitrogen and oxygen atoms in total. The Kier molecular flexibility index (Phi) is 7.67. The molecule has 2 N–H and O–H groups in total. The van der Waals surface area contributed by atoms with E-state index >= 15 is 0 Å². The predicted molar refractivity (Wildman–Crippen MR) is 124 cm³/mol. The first kappa shape index (κ1) is 24.5. The summed E-state index contributed by atoms with van der Waals surface area (Å²) >= 11 is 0. The lowest BCUT2D eigenvalue weighted by molar-refractivity contribution is -0.385. The second-order valence-electron chi connectivity index (χ2n) is 8.07. The molecule has 0 aliphatic rings. The molecule has 0 bridgehead atoms. The van der Waals surface area contributed by atoms with E-state index in [4.69, 9.17) is 9.15 Å². The van der Waals surface area contributed by atoms with Crippen LogP contribution in [0, 0.1) is 23.0 Å². The van der Waals surface area contributed by atoms with Crippen molar-refractivity contribution >= 4 is 23.2 Å². The van der Waals surface area contributed by atoms with Gasteiger partial charge in [-0.05, 0) is 44.0 Å². The summed E-state index contributed by atoms with van der Waals surface area (Å²) in [5, 5.41) is 20.6. The Labute approximate surface area is 196 Å². The fourth-order valence-electron chi connectivity index (χ4n) is 3.06. The van der Waals surface area contributed by atoms with E-state index < -0.39 is 10.8 Å². The number of nitro benzene ring substituents is 1. The van der Waals surface area contributed by atoms with Crippen LogP contribution in [0.15, 0.2) is 40.9 Å². The lowest BCUT2D eigenvalue weighted by Crippen LogP contribution is -2.28. The summed E-state index contributed by atoms with van der Waals surface area (Å²) < 4.78 is 12.8. The SMILES string of the molecule is CCn1cc(NC(=O)c2ccc(COc3ccc([N+](=O)[O-])c(C)c3)o2)c(C(=O)NCC(C)C)n1. The van der Waals surface area contributed by atoms with Gasteiger partial charge in [-0.15, -0.1) is 0 Å². The maximum absolute atomic E-state index is 12.7. The highest BCUT2D eigenvalue weighted by atomic mass is 16.6. The van der Waals surface area contributed by atoms with Crippen LogP contribution in [0.2, 0.25) is 0 Å². The zero-order valence-corrected chi connectivity index (χ0v) is 19.5. The number of nitrogens with zero attached hydrogens (tertiary/aromatic N) is 3. The number of hydrogen-bond acceptors (Lipinski definition) is 7.